The van der Waals surface area contributed by atoms with Gasteiger partial charge in [-0.1, -0.05) is 20.3 Å². The van der Waals surface area contributed by atoms with Gasteiger partial charge >= 0.3 is 5.00 Å². The first-order valence-corrected chi connectivity index (χ1v) is 6.21. The van der Waals surface area contributed by atoms with Crippen molar-refractivity contribution in [2.45, 2.75) is 39.7 Å². The summed E-state index contributed by atoms with van der Waals surface area (Å²) in [7, 11) is 0. The maximum atomic E-state index is 10.5. The summed E-state index contributed by atoms with van der Waals surface area (Å²) in [4.78, 5) is 14.0. The molecule has 5 nitrogen and oxygen atoms in total. The van der Waals surface area contributed by atoms with Crippen LogP contribution in [-0.4, -0.2) is 15.9 Å². The Labute approximate surface area is 99.0 Å². The first kappa shape index (κ1) is 12.9. The van der Waals surface area contributed by atoms with Crippen molar-refractivity contribution in [2.24, 2.45) is 5.92 Å². The molecule has 1 aromatic rings. The average Bonchev–Trinajstić information content (AvgIpc) is 2.65. The zero-order valence-corrected chi connectivity index (χ0v) is 10.6. The van der Waals surface area contributed by atoms with E-state index in [0.717, 1.165) is 24.2 Å². The zero-order valence-electron chi connectivity index (χ0n) is 9.77. The summed E-state index contributed by atoms with van der Waals surface area (Å²) < 4.78 is 0. The van der Waals surface area contributed by atoms with Crippen molar-refractivity contribution < 1.29 is 4.92 Å². The first-order chi connectivity index (χ1) is 7.52. The second-order valence-electron chi connectivity index (χ2n) is 4.06. The van der Waals surface area contributed by atoms with Crippen molar-refractivity contribution in [1.29, 1.82) is 0 Å². The average molecular weight is 243 g/mol. The lowest BCUT2D eigenvalue weighted by molar-refractivity contribution is -0.380. The lowest BCUT2D eigenvalue weighted by atomic mass is 10.0. The zero-order chi connectivity index (χ0) is 12.1. The summed E-state index contributed by atoms with van der Waals surface area (Å²) in [6.45, 7) is 6.42. The quantitative estimate of drug-likeness (QED) is 0.615. The molecule has 1 rings (SSSR count). The molecule has 0 amide bonds. The molecule has 16 heavy (non-hydrogen) atoms. The predicted octanol–water partition coefficient (Wildman–Crippen LogP) is 3.29. The third-order valence-corrected chi connectivity index (χ3v) is 3.38. The molecule has 0 saturated carbocycles. The van der Waals surface area contributed by atoms with Gasteiger partial charge in [0.2, 0.25) is 0 Å². The molecule has 2 atom stereocenters. The minimum Gasteiger partial charge on any atom is -0.359 e. The standard InChI is InChI=1S/C10H17N3O2S/c1-4-7(2)5-8(3)12-10-11-6-9(16-10)13(14)15/h6-8H,4-5H2,1-3H3,(H,11,12). The number of nitrogens with zero attached hydrogens (tertiary/aromatic N) is 2. The number of rotatable bonds is 6. The normalized spacial score (nSPS) is 14.4. The van der Waals surface area contributed by atoms with Gasteiger partial charge in [0, 0.05) is 6.04 Å². The fourth-order valence-electron chi connectivity index (χ4n) is 1.46. The highest BCUT2D eigenvalue weighted by atomic mass is 32.1. The summed E-state index contributed by atoms with van der Waals surface area (Å²) in [6.07, 6.45) is 3.48. The highest BCUT2D eigenvalue weighted by molar-refractivity contribution is 7.18. The van der Waals surface area contributed by atoms with Gasteiger partial charge in [-0.05, 0) is 30.6 Å². The molecular weight excluding hydrogens is 226 g/mol. The molecule has 1 N–H and O–H groups in total. The third kappa shape index (κ3) is 3.77. The van der Waals surface area contributed by atoms with E-state index < -0.39 is 4.92 Å². The van der Waals surface area contributed by atoms with Crippen LogP contribution in [0.1, 0.15) is 33.6 Å². The van der Waals surface area contributed by atoms with Crippen molar-refractivity contribution in [3.05, 3.63) is 16.3 Å². The van der Waals surface area contributed by atoms with E-state index in [4.69, 9.17) is 0 Å². The number of hydrogen-bond acceptors (Lipinski definition) is 5. The number of aromatic nitrogens is 1. The smallest absolute Gasteiger partial charge is 0.345 e. The van der Waals surface area contributed by atoms with E-state index in [1.807, 2.05) is 0 Å². The molecule has 0 aliphatic heterocycles. The van der Waals surface area contributed by atoms with Crippen molar-refractivity contribution in [1.82, 2.24) is 4.98 Å². The largest absolute Gasteiger partial charge is 0.359 e. The molecule has 1 aromatic heterocycles. The molecule has 1 heterocycles. The van der Waals surface area contributed by atoms with Gasteiger partial charge in [0.25, 0.3) is 0 Å². The van der Waals surface area contributed by atoms with Crippen LogP contribution >= 0.6 is 11.3 Å². The Morgan fingerprint density at radius 3 is 2.81 bits per heavy atom. The number of hydrogen-bond donors (Lipinski definition) is 1. The van der Waals surface area contributed by atoms with E-state index in [1.165, 1.54) is 6.20 Å². The van der Waals surface area contributed by atoms with Crippen LogP contribution in [-0.2, 0) is 0 Å². The first-order valence-electron chi connectivity index (χ1n) is 5.39. The Balaban J connectivity index is 2.49. The van der Waals surface area contributed by atoms with Crippen LogP contribution < -0.4 is 5.32 Å². The minimum absolute atomic E-state index is 0.0817. The highest BCUT2D eigenvalue weighted by Gasteiger charge is 2.13. The van der Waals surface area contributed by atoms with Crippen molar-refractivity contribution in [2.75, 3.05) is 5.32 Å². The number of nitro groups is 1. The van der Waals surface area contributed by atoms with Gasteiger partial charge in [-0.3, -0.25) is 10.1 Å². The molecule has 0 bridgehead atoms. The molecule has 0 saturated heterocycles. The molecule has 0 fully saturated rings. The predicted molar refractivity (Wildman–Crippen MR) is 65.9 cm³/mol. The number of thiazole rings is 1. The number of nitrogens with one attached hydrogen (secondary N) is 1. The summed E-state index contributed by atoms with van der Waals surface area (Å²) in [5.41, 5.74) is 0. The van der Waals surface area contributed by atoms with E-state index in [2.05, 4.69) is 31.1 Å². The van der Waals surface area contributed by atoms with E-state index in [0.29, 0.717) is 17.1 Å². The lowest BCUT2D eigenvalue weighted by Crippen LogP contribution is -2.17. The van der Waals surface area contributed by atoms with Crippen LogP contribution in [0.5, 0.6) is 0 Å². The molecule has 0 spiro atoms. The SMILES string of the molecule is CCC(C)CC(C)Nc1ncc([N+](=O)[O-])s1. The van der Waals surface area contributed by atoms with Gasteiger partial charge in [0.05, 0.1) is 4.92 Å². The van der Waals surface area contributed by atoms with Crippen LogP contribution in [0.3, 0.4) is 0 Å². The highest BCUT2D eigenvalue weighted by Crippen LogP contribution is 2.26. The van der Waals surface area contributed by atoms with Crippen LogP contribution in [0.2, 0.25) is 0 Å². The molecule has 0 aromatic carbocycles. The van der Waals surface area contributed by atoms with E-state index in [1.54, 1.807) is 0 Å². The molecular formula is C10H17N3O2S. The Hall–Kier alpha value is -1.17. The Morgan fingerprint density at radius 2 is 2.31 bits per heavy atom. The van der Waals surface area contributed by atoms with Gasteiger partial charge in [-0.25, -0.2) is 4.98 Å². The van der Waals surface area contributed by atoms with Crippen molar-refractivity contribution in [3.8, 4) is 0 Å². The monoisotopic (exact) mass is 243 g/mol. The van der Waals surface area contributed by atoms with Gasteiger partial charge in [-0.2, -0.15) is 0 Å². The Bertz CT molecular complexity index is 354. The van der Waals surface area contributed by atoms with Gasteiger partial charge in [0.15, 0.2) is 5.13 Å². The minimum atomic E-state index is -0.415. The molecule has 6 heteroatoms. The maximum absolute atomic E-state index is 10.5. The molecule has 2 unspecified atom stereocenters. The second-order valence-corrected chi connectivity index (χ2v) is 5.06. The lowest BCUT2D eigenvalue weighted by Gasteiger charge is -2.16. The molecule has 90 valence electrons. The maximum Gasteiger partial charge on any atom is 0.345 e. The summed E-state index contributed by atoms with van der Waals surface area (Å²) >= 11 is 1.08. The summed E-state index contributed by atoms with van der Waals surface area (Å²) in [6, 6.07) is 0.292. The van der Waals surface area contributed by atoms with Gasteiger partial charge in [0.1, 0.15) is 6.20 Å². The fourth-order valence-corrected chi connectivity index (χ4v) is 2.20. The summed E-state index contributed by atoms with van der Waals surface area (Å²) in [5, 5.41) is 14.4. The van der Waals surface area contributed by atoms with Crippen molar-refractivity contribution >= 4 is 21.5 Å². The second kappa shape index (κ2) is 5.79. The van der Waals surface area contributed by atoms with E-state index in [9.17, 15) is 10.1 Å². The molecule has 0 aliphatic carbocycles. The topological polar surface area (TPSA) is 68.1 Å². The number of anilines is 1. The fraction of sp³-hybridized carbons (Fsp3) is 0.700. The molecule has 0 radical (unpaired) electrons. The third-order valence-electron chi connectivity index (χ3n) is 2.50. The van der Waals surface area contributed by atoms with Crippen LogP contribution in [0, 0.1) is 16.0 Å². The van der Waals surface area contributed by atoms with Gasteiger partial charge < -0.3 is 5.32 Å². The van der Waals surface area contributed by atoms with Crippen LogP contribution in [0.4, 0.5) is 10.1 Å². The van der Waals surface area contributed by atoms with Crippen molar-refractivity contribution in [3.63, 3.8) is 0 Å². The van der Waals surface area contributed by atoms with E-state index in [-0.39, 0.29) is 5.00 Å². The van der Waals surface area contributed by atoms with E-state index >= 15 is 0 Å². The Morgan fingerprint density at radius 1 is 1.62 bits per heavy atom. The van der Waals surface area contributed by atoms with Gasteiger partial charge in [-0.15, -0.1) is 0 Å². The Kier molecular flexibility index (Phi) is 4.67. The van der Waals surface area contributed by atoms with Crippen LogP contribution in [0.25, 0.3) is 0 Å². The molecule has 0 aliphatic rings. The van der Waals surface area contributed by atoms with Crippen LogP contribution in [0.15, 0.2) is 6.20 Å². The summed E-state index contributed by atoms with van der Waals surface area (Å²) in [5.74, 6) is 0.650.